The van der Waals surface area contributed by atoms with Crippen molar-refractivity contribution in [2.24, 2.45) is 0 Å². The van der Waals surface area contributed by atoms with Gasteiger partial charge in [-0.25, -0.2) is 9.97 Å². The Morgan fingerprint density at radius 2 is 2.29 bits per heavy atom. The summed E-state index contributed by atoms with van der Waals surface area (Å²) in [5.74, 6) is 1.64. The second-order valence-electron chi connectivity index (χ2n) is 5.75. The average molecular weight is 345 g/mol. The molecule has 0 amide bonds. The van der Waals surface area contributed by atoms with Crippen LogP contribution >= 0.6 is 11.6 Å². The second-order valence-corrected chi connectivity index (χ2v) is 6.18. The van der Waals surface area contributed by atoms with E-state index in [2.05, 4.69) is 30.4 Å². The summed E-state index contributed by atoms with van der Waals surface area (Å²) in [6.07, 6.45) is 4.28. The summed E-state index contributed by atoms with van der Waals surface area (Å²) in [7, 11) is 1.68. The first-order valence-electron chi connectivity index (χ1n) is 7.73. The molecular weight excluding hydrogens is 328 g/mol. The van der Waals surface area contributed by atoms with E-state index >= 15 is 0 Å². The maximum absolute atomic E-state index is 6.15. The van der Waals surface area contributed by atoms with Crippen LogP contribution in [0.3, 0.4) is 0 Å². The Morgan fingerprint density at radius 3 is 3.17 bits per heavy atom. The van der Waals surface area contributed by atoms with Crippen LogP contribution in [0.15, 0.2) is 30.7 Å². The number of aromatic nitrogens is 4. The van der Waals surface area contributed by atoms with Crippen molar-refractivity contribution in [3.05, 3.63) is 35.7 Å². The van der Waals surface area contributed by atoms with Gasteiger partial charge in [-0.1, -0.05) is 11.6 Å². The quantitative estimate of drug-likeness (QED) is 0.757. The van der Waals surface area contributed by atoms with Gasteiger partial charge in [-0.3, -0.25) is 5.10 Å². The molecule has 24 heavy (non-hydrogen) atoms. The first-order chi connectivity index (χ1) is 11.7. The highest BCUT2D eigenvalue weighted by molar-refractivity contribution is 6.30. The number of methoxy groups -OCH3 is 1. The molecule has 0 bridgehead atoms. The Kier molecular flexibility index (Phi) is 3.86. The van der Waals surface area contributed by atoms with Gasteiger partial charge in [0.2, 0.25) is 0 Å². The fraction of sp³-hybridized carbons (Fsp3) is 0.312. The van der Waals surface area contributed by atoms with Crippen molar-refractivity contribution < 1.29 is 4.74 Å². The molecule has 1 aliphatic heterocycles. The Bertz CT molecular complexity index is 867. The normalized spacial score (nSPS) is 17.4. The lowest BCUT2D eigenvalue weighted by Crippen LogP contribution is -2.26. The van der Waals surface area contributed by atoms with Gasteiger partial charge in [0.1, 0.15) is 17.9 Å². The molecule has 1 aromatic carbocycles. The zero-order valence-corrected chi connectivity index (χ0v) is 13.9. The number of hydrogen-bond acceptors (Lipinski definition) is 6. The van der Waals surface area contributed by atoms with Crippen LogP contribution in [-0.4, -0.2) is 46.4 Å². The molecule has 0 radical (unpaired) electrons. The minimum absolute atomic E-state index is 0.279. The molecule has 0 saturated carbocycles. The largest absolute Gasteiger partial charge is 0.495 e. The summed E-state index contributed by atoms with van der Waals surface area (Å²) < 4.78 is 5.46. The topological polar surface area (TPSA) is 79.0 Å². The summed E-state index contributed by atoms with van der Waals surface area (Å²) in [6, 6.07) is 5.97. The van der Waals surface area contributed by atoms with E-state index in [9.17, 15) is 0 Å². The highest BCUT2D eigenvalue weighted by Crippen LogP contribution is 2.34. The standard InChI is InChI=1S/C16H17ClN6O/c1-24-14-3-2-10(17)6-13(14)23-5-4-11(8-23)21-15-12-7-20-22-16(12)19-9-18-15/h2-3,6-7,9,11H,4-5,8H2,1H3,(H2,18,19,20,21,22). The fourth-order valence-electron chi connectivity index (χ4n) is 3.08. The molecule has 1 atom stereocenters. The lowest BCUT2D eigenvalue weighted by molar-refractivity contribution is 0.415. The van der Waals surface area contributed by atoms with E-state index in [0.29, 0.717) is 5.02 Å². The molecule has 8 heteroatoms. The Labute approximate surface area is 144 Å². The number of nitrogens with zero attached hydrogens (tertiary/aromatic N) is 4. The molecule has 1 fully saturated rings. The first kappa shape index (κ1) is 15.0. The van der Waals surface area contributed by atoms with E-state index in [1.807, 2.05) is 18.2 Å². The van der Waals surface area contributed by atoms with Gasteiger partial charge >= 0.3 is 0 Å². The second kappa shape index (κ2) is 6.16. The van der Waals surface area contributed by atoms with Crippen LogP contribution in [0.5, 0.6) is 5.75 Å². The van der Waals surface area contributed by atoms with Crippen molar-refractivity contribution in [3.8, 4) is 5.75 Å². The van der Waals surface area contributed by atoms with Gasteiger partial charge in [0.25, 0.3) is 0 Å². The highest BCUT2D eigenvalue weighted by Gasteiger charge is 2.25. The molecular formula is C16H17ClN6O. The maximum atomic E-state index is 6.15. The van der Waals surface area contributed by atoms with E-state index in [-0.39, 0.29) is 6.04 Å². The molecule has 2 N–H and O–H groups in total. The molecule has 3 heterocycles. The van der Waals surface area contributed by atoms with Gasteiger partial charge in [0, 0.05) is 24.2 Å². The Morgan fingerprint density at radius 1 is 1.38 bits per heavy atom. The number of ether oxygens (including phenoxy) is 1. The predicted molar refractivity (Wildman–Crippen MR) is 93.9 cm³/mol. The molecule has 3 aromatic rings. The zero-order valence-electron chi connectivity index (χ0n) is 13.2. The highest BCUT2D eigenvalue weighted by atomic mass is 35.5. The van der Waals surface area contributed by atoms with Crippen LogP contribution in [0.1, 0.15) is 6.42 Å². The van der Waals surface area contributed by atoms with E-state index in [1.54, 1.807) is 13.3 Å². The molecule has 124 valence electrons. The molecule has 7 nitrogen and oxygen atoms in total. The van der Waals surface area contributed by atoms with Gasteiger partial charge in [0.05, 0.1) is 24.4 Å². The number of hydrogen-bond donors (Lipinski definition) is 2. The Balaban J connectivity index is 1.53. The average Bonchev–Trinajstić information content (AvgIpc) is 3.24. The summed E-state index contributed by atoms with van der Waals surface area (Å²) in [4.78, 5) is 10.8. The van der Waals surface area contributed by atoms with Crippen molar-refractivity contribution >= 4 is 34.1 Å². The number of nitrogens with one attached hydrogen (secondary N) is 2. The number of rotatable bonds is 4. The zero-order chi connectivity index (χ0) is 16.5. The van der Waals surface area contributed by atoms with Gasteiger partial charge < -0.3 is 15.0 Å². The lowest BCUT2D eigenvalue weighted by atomic mass is 10.2. The van der Waals surface area contributed by atoms with E-state index in [0.717, 1.165) is 47.8 Å². The molecule has 1 saturated heterocycles. The van der Waals surface area contributed by atoms with Crippen LogP contribution in [0, 0.1) is 0 Å². The summed E-state index contributed by atoms with van der Waals surface area (Å²) in [5.41, 5.74) is 1.75. The summed E-state index contributed by atoms with van der Waals surface area (Å²) in [5, 5.41) is 12.0. The fourth-order valence-corrected chi connectivity index (χ4v) is 3.25. The van der Waals surface area contributed by atoms with E-state index < -0.39 is 0 Å². The van der Waals surface area contributed by atoms with Crippen molar-refractivity contribution in [2.45, 2.75) is 12.5 Å². The first-order valence-corrected chi connectivity index (χ1v) is 8.11. The smallest absolute Gasteiger partial charge is 0.160 e. The van der Waals surface area contributed by atoms with E-state index in [4.69, 9.17) is 16.3 Å². The molecule has 1 aliphatic rings. The Hall–Kier alpha value is -2.54. The summed E-state index contributed by atoms with van der Waals surface area (Å²) in [6.45, 7) is 1.77. The summed E-state index contributed by atoms with van der Waals surface area (Å²) >= 11 is 6.15. The number of benzene rings is 1. The molecule has 2 aromatic heterocycles. The van der Waals surface area contributed by atoms with Crippen LogP contribution in [-0.2, 0) is 0 Å². The monoisotopic (exact) mass is 344 g/mol. The number of anilines is 2. The molecule has 0 spiro atoms. The minimum atomic E-state index is 0.279. The number of halogens is 1. The van der Waals surface area contributed by atoms with Crippen LogP contribution in [0.25, 0.3) is 11.0 Å². The van der Waals surface area contributed by atoms with Gasteiger partial charge in [-0.05, 0) is 24.6 Å². The van der Waals surface area contributed by atoms with Crippen LogP contribution in [0.4, 0.5) is 11.5 Å². The lowest BCUT2D eigenvalue weighted by Gasteiger charge is -2.22. The third-order valence-electron chi connectivity index (χ3n) is 4.26. The van der Waals surface area contributed by atoms with Gasteiger partial charge in [-0.15, -0.1) is 0 Å². The maximum Gasteiger partial charge on any atom is 0.160 e. The van der Waals surface area contributed by atoms with Crippen molar-refractivity contribution in [1.29, 1.82) is 0 Å². The molecule has 4 rings (SSSR count). The van der Waals surface area contributed by atoms with Crippen molar-refractivity contribution in [3.63, 3.8) is 0 Å². The minimum Gasteiger partial charge on any atom is -0.495 e. The van der Waals surface area contributed by atoms with Crippen LogP contribution in [0.2, 0.25) is 5.02 Å². The van der Waals surface area contributed by atoms with Crippen molar-refractivity contribution in [2.75, 3.05) is 30.4 Å². The van der Waals surface area contributed by atoms with Crippen LogP contribution < -0.4 is 15.0 Å². The number of aromatic amines is 1. The predicted octanol–water partition coefficient (Wildman–Crippen LogP) is 2.71. The van der Waals surface area contributed by atoms with Gasteiger partial charge in [-0.2, -0.15) is 5.10 Å². The molecule has 0 aliphatic carbocycles. The SMILES string of the molecule is COc1ccc(Cl)cc1N1CCC(Nc2ncnc3[nH]ncc23)C1. The van der Waals surface area contributed by atoms with Crippen molar-refractivity contribution in [1.82, 2.24) is 20.2 Å². The third-order valence-corrected chi connectivity index (χ3v) is 4.49. The van der Waals surface area contributed by atoms with Gasteiger partial charge in [0.15, 0.2) is 5.65 Å². The third kappa shape index (κ3) is 2.71. The van der Waals surface area contributed by atoms with E-state index in [1.165, 1.54) is 6.33 Å². The number of fused-ring (bicyclic) bond motifs is 1. The number of H-pyrrole nitrogens is 1. The molecule has 1 unspecified atom stereocenters.